The third-order valence-corrected chi connectivity index (χ3v) is 5.68. The van der Waals surface area contributed by atoms with Crippen molar-refractivity contribution in [1.82, 2.24) is 0 Å². The van der Waals surface area contributed by atoms with E-state index in [1.54, 1.807) is 20.3 Å². The Balaban J connectivity index is 1.85. The van der Waals surface area contributed by atoms with Crippen LogP contribution in [0.15, 0.2) is 42.5 Å². The minimum Gasteiger partial charge on any atom is -0.493 e. The molecule has 3 atom stereocenters. The van der Waals surface area contributed by atoms with Gasteiger partial charge in [0, 0.05) is 23.6 Å². The van der Waals surface area contributed by atoms with Crippen LogP contribution in [-0.4, -0.2) is 19.1 Å². The standard InChI is InChI=1S/C20H19ClN2O4/c1-26-17-8-4-7-14(20(17)27-2)18-13-6-3-5-12(13)15-9-11(23(24)25)10-16(21)19(15)22-18/h3-5,7-10,12-13,18,22H,6H2,1-2H3/t12-,13-,18-/m1/s1. The van der Waals surface area contributed by atoms with Gasteiger partial charge in [-0.3, -0.25) is 10.1 Å². The normalized spacial score (nSPS) is 22.6. The summed E-state index contributed by atoms with van der Waals surface area (Å²) in [6.07, 6.45) is 5.10. The fourth-order valence-corrected chi connectivity index (χ4v) is 4.49. The van der Waals surface area contributed by atoms with Crippen LogP contribution in [0.1, 0.15) is 29.5 Å². The van der Waals surface area contributed by atoms with E-state index in [1.807, 2.05) is 18.2 Å². The molecule has 7 heteroatoms. The molecule has 0 unspecified atom stereocenters. The number of nitro groups is 1. The summed E-state index contributed by atoms with van der Waals surface area (Å²) in [5.41, 5.74) is 2.60. The molecule has 1 aliphatic carbocycles. The molecule has 4 rings (SSSR count). The molecule has 0 spiro atoms. The lowest BCUT2D eigenvalue weighted by molar-refractivity contribution is -0.384. The Bertz CT molecular complexity index is 944. The quantitative estimate of drug-likeness (QED) is 0.450. The van der Waals surface area contributed by atoms with Crippen LogP contribution in [0.3, 0.4) is 0 Å². The average Bonchev–Trinajstić information content (AvgIpc) is 3.16. The van der Waals surface area contributed by atoms with Gasteiger partial charge in [0.05, 0.1) is 35.9 Å². The first-order valence-corrected chi connectivity index (χ1v) is 9.05. The number of halogens is 1. The van der Waals surface area contributed by atoms with Gasteiger partial charge in [-0.1, -0.05) is 35.9 Å². The van der Waals surface area contributed by atoms with Crippen molar-refractivity contribution >= 4 is 23.0 Å². The van der Waals surface area contributed by atoms with Crippen LogP contribution in [0.2, 0.25) is 5.02 Å². The Hall–Kier alpha value is -2.73. The van der Waals surface area contributed by atoms with Gasteiger partial charge in [-0.25, -0.2) is 0 Å². The molecule has 0 saturated carbocycles. The highest BCUT2D eigenvalue weighted by Gasteiger charge is 2.41. The maximum atomic E-state index is 11.2. The van der Waals surface area contributed by atoms with Gasteiger partial charge in [-0.15, -0.1) is 0 Å². The maximum Gasteiger partial charge on any atom is 0.271 e. The minimum atomic E-state index is -0.406. The zero-order chi connectivity index (χ0) is 19.1. The molecule has 6 nitrogen and oxygen atoms in total. The lowest BCUT2D eigenvalue weighted by Crippen LogP contribution is -2.29. The number of nitro benzene ring substituents is 1. The number of nitrogens with one attached hydrogen (secondary N) is 1. The number of hydrogen-bond acceptors (Lipinski definition) is 5. The number of non-ortho nitro benzene ring substituents is 1. The molecule has 0 amide bonds. The van der Waals surface area contributed by atoms with Crippen LogP contribution >= 0.6 is 11.6 Å². The van der Waals surface area contributed by atoms with Crippen LogP contribution in [0.5, 0.6) is 11.5 Å². The first-order valence-electron chi connectivity index (χ1n) is 8.67. The number of benzene rings is 2. The summed E-state index contributed by atoms with van der Waals surface area (Å²) in [5, 5.41) is 15.1. The number of para-hydroxylation sites is 1. The number of fused-ring (bicyclic) bond motifs is 3. The van der Waals surface area contributed by atoms with Gasteiger partial charge in [0.2, 0.25) is 0 Å². The fraction of sp³-hybridized carbons (Fsp3) is 0.300. The topological polar surface area (TPSA) is 73.6 Å². The van der Waals surface area contributed by atoms with Crippen molar-refractivity contribution in [3.05, 3.63) is 68.7 Å². The number of anilines is 1. The van der Waals surface area contributed by atoms with Gasteiger partial charge >= 0.3 is 0 Å². The largest absolute Gasteiger partial charge is 0.493 e. The second-order valence-electron chi connectivity index (χ2n) is 6.71. The lowest BCUT2D eigenvalue weighted by Gasteiger charge is -2.38. The summed E-state index contributed by atoms with van der Waals surface area (Å²) < 4.78 is 11.1. The third kappa shape index (κ3) is 2.80. The van der Waals surface area contributed by atoms with E-state index in [1.165, 1.54) is 6.07 Å². The van der Waals surface area contributed by atoms with E-state index in [0.717, 1.165) is 23.2 Å². The van der Waals surface area contributed by atoms with Gasteiger partial charge in [0.1, 0.15) is 0 Å². The second-order valence-corrected chi connectivity index (χ2v) is 7.11. The van der Waals surface area contributed by atoms with Crippen LogP contribution < -0.4 is 14.8 Å². The van der Waals surface area contributed by atoms with Crippen molar-refractivity contribution in [2.24, 2.45) is 5.92 Å². The van der Waals surface area contributed by atoms with Gasteiger partial charge in [-0.05, 0) is 24.0 Å². The number of allylic oxidation sites excluding steroid dienone is 2. The highest BCUT2D eigenvalue weighted by Crippen LogP contribution is 2.54. The molecule has 0 saturated heterocycles. The Morgan fingerprint density at radius 2 is 2.04 bits per heavy atom. The molecule has 27 heavy (non-hydrogen) atoms. The van der Waals surface area contributed by atoms with Gasteiger partial charge < -0.3 is 14.8 Å². The molecule has 0 radical (unpaired) electrons. The Labute approximate surface area is 161 Å². The van der Waals surface area contributed by atoms with E-state index in [0.29, 0.717) is 16.5 Å². The molecular formula is C20H19ClN2O4. The summed E-state index contributed by atoms with van der Waals surface area (Å²) in [6, 6.07) is 8.77. The molecule has 140 valence electrons. The smallest absolute Gasteiger partial charge is 0.271 e. The SMILES string of the molecule is COc1cccc([C@@H]2Nc3c(Cl)cc([N+](=O)[O-])cc3[C@@H]3C=CC[C@H]32)c1OC. The molecule has 1 heterocycles. The molecule has 1 N–H and O–H groups in total. The van der Waals surface area contributed by atoms with Crippen molar-refractivity contribution in [1.29, 1.82) is 0 Å². The van der Waals surface area contributed by atoms with Crippen LogP contribution in [-0.2, 0) is 0 Å². The van der Waals surface area contributed by atoms with E-state index in [2.05, 4.69) is 17.5 Å². The molecular weight excluding hydrogens is 368 g/mol. The molecule has 2 aliphatic rings. The predicted octanol–water partition coefficient (Wildman–Crippen LogP) is 5.09. The first-order chi connectivity index (χ1) is 13.0. The molecule has 0 bridgehead atoms. The van der Waals surface area contributed by atoms with Crippen molar-refractivity contribution in [3.8, 4) is 11.5 Å². The van der Waals surface area contributed by atoms with E-state index in [9.17, 15) is 10.1 Å². The summed E-state index contributed by atoms with van der Waals surface area (Å²) in [4.78, 5) is 10.8. The van der Waals surface area contributed by atoms with Crippen molar-refractivity contribution < 1.29 is 14.4 Å². The summed E-state index contributed by atoms with van der Waals surface area (Å²) in [5.74, 6) is 1.61. The average molecular weight is 387 g/mol. The van der Waals surface area contributed by atoms with Crippen molar-refractivity contribution in [2.75, 3.05) is 19.5 Å². The van der Waals surface area contributed by atoms with E-state index in [4.69, 9.17) is 21.1 Å². The number of ether oxygens (including phenoxy) is 2. The Kier molecular flexibility index (Phi) is 4.44. The lowest BCUT2D eigenvalue weighted by atomic mass is 9.76. The van der Waals surface area contributed by atoms with Gasteiger partial charge in [0.25, 0.3) is 5.69 Å². The van der Waals surface area contributed by atoms with E-state index < -0.39 is 4.92 Å². The summed E-state index contributed by atoms with van der Waals surface area (Å²) in [7, 11) is 3.24. The molecule has 2 aromatic rings. The monoisotopic (exact) mass is 386 g/mol. The van der Waals surface area contributed by atoms with Crippen LogP contribution in [0, 0.1) is 16.0 Å². The van der Waals surface area contributed by atoms with Crippen molar-refractivity contribution in [3.63, 3.8) is 0 Å². The minimum absolute atomic E-state index is 0.0111. The highest BCUT2D eigenvalue weighted by atomic mass is 35.5. The number of rotatable bonds is 4. The zero-order valence-corrected chi connectivity index (χ0v) is 15.7. The predicted molar refractivity (Wildman–Crippen MR) is 104 cm³/mol. The van der Waals surface area contributed by atoms with Crippen LogP contribution in [0.25, 0.3) is 0 Å². The fourth-order valence-electron chi connectivity index (χ4n) is 4.21. The van der Waals surface area contributed by atoms with Gasteiger partial charge in [0.15, 0.2) is 11.5 Å². The van der Waals surface area contributed by atoms with E-state index in [-0.39, 0.29) is 23.6 Å². The molecule has 2 aromatic carbocycles. The number of nitrogens with zero attached hydrogens (tertiary/aromatic N) is 1. The number of hydrogen-bond donors (Lipinski definition) is 1. The zero-order valence-electron chi connectivity index (χ0n) is 14.9. The second kappa shape index (κ2) is 6.78. The van der Waals surface area contributed by atoms with Crippen LogP contribution in [0.4, 0.5) is 11.4 Å². The van der Waals surface area contributed by atoms with Gasteiger partial charge in [-0.2, -0.15) is 0 Å². The highest BCUT2D eigenvalue weighted by molar-refractivity contribution is 6.33. The number of methoxy groups -OCH3 is 2. The molecule has 0 fully saturated rings. The summed E-state index contributed by atoms with van der Waals surface area (Å²) >= 11 is 6.42. The maximum absolute atomic E-state index is 11.2. The Morgan fingerprint density at radius 1 is 1.22 bits per heavy atom. The molecule has 0 aromatic heterocycles. The van der Waals surface area contributed by atoms with Crippen molar-refractivity contribution in [2.45, 2.75) is 18.4 Å². The third-order valence-electron chi connectivity index (χ3n) is 5.38. The molecule has 1 aliphatic heterocycles. The first kappa shape index (κ1) is 17.7. The summed E-state index contributed by atoms with van der Waals surface area (Å²) in [6.45, 7) is 0. The van der Waals surface area contributed by atoms with E-state index >= 15 is 0 Å². The Morgan fingerprint density at radius 3 is 2.74 bits per heavy atom.